The van der Waals surface area contributed by atoms with Gasteiger partial charge in [-0.3, -0.25) is 4.79 Å². The monoisotopic (exact) mass is 355 g/mol. The van der Waals surface area contributed by atoms with Crippen LogP contribution in [0.3, 0.4) is 0 Å². The molecule has 0 radical (unpaired) electrons. The highest BCUT2D eigenvalue weighted by atomic mass is 32.2. The smallest absolute Gasteiger partial charge is 0.326 e. The number of aryl methyl sites for hydroxylation is 2. The zero-order chi connectivity index (χ0) is 18.3. The van der Waals surface area contributed by atoms with Crippen LogP contribution in [0.25, 0.3) is 0 Å². The van der Waals surface area contributed by atoms with E-state index in [9.17, 15) is 14.7 Å². The van der Waals surface area contributed by atoms with Crippen molar-refractivity contribution in [3.63, 3.8) is 0 Å². The number of hydrogen-bond acceptors (Lipinski definition) is 6. The van der Waals surface area contributed by atoms with Crippen molar-refractivity contribution in [1.29, 1.82) is 0 Å². The lowest BCUT2D eigenvalue weighted by Gasteiger charge is -2.21. The van der Waals surface area contributed by atoms with Gasteiger partial charge in [0.05, 0.1) is 11.4 Å². The van der Waals surface area contributed by atoms with Crippen molar-refractivity contribution >= 4 is 23.6 Å². The van der Waals surface area contributed by atoms with Gasteiger partial charge >= 0.3 is 5.97 Å². The molecule has 1 aromatic rings. The number of amides is 1. The van der Waals surface area contributed by atoms with Crippen molar-refractivity contribution in [3.8, 4) is 0 Å². The number of carbonyl (C=O) groups is 2. The molecule has 134 valence electrons. The van der Waals surface area contributed by atoms with Gasteiger partial charge in [0.1, 0.15) is 6.04 Å². The van der Waals surface area contributed by atoms with Gasteiger partial charge in [0.25, 0.3) is 0 Å². The van der Waals surface area contributed by atoms with Gasteiger partial charge in [0.15, 0.2) is 5.16 Å². The first-order valence-electron chi connectivity index (χ1n) is 7.68. The van der Waals surface area contributed by atoms with E-state index in [0.29, 0.717) is 5.16 Å². The van der Waals surface area contributed by atoms with Crippen molar-refractivity contribution in [2.75, 3.05) is 12.4 Å². The summed E-state index contributed by atoms with van der Waals surface area (Å²) in [6.45, 7) is 9.64. The number of ether oxygens (including phenoxy) is 1. The van der Waals surface area contributed by atoms with E-state index in [0.717, 1.165) is 11.4 Å². The number of nitrogens with zero attached hydrogens (tertiary/aromatic N) is 2. The Morgan fingerprint density at radius 2 is 1.88 bits per heavy atom. The molecular formula is C16H25N3O4S. The zero-order valence-corrected chi connectivity index (χ0v) is 15.6. The minimum atomic E-state index is -1.08. The van der Waals surface area contributed by atoms with Crippen LogP contribution in [0, 0.1) is 13.8 Å². The Balaban J connectivity index is 2.48. The summed E-state index contributed by atoms with van der Waals surface area (Å²) in [5.74, 6) is -1.38. The standard InChI is InChI=1S/C16H25N3O4S/c1-10-8-11(2)18-15(17-10)24-9-13(20)19-12(14(21)22)6-7-23-16(3,4)5/h8,12H,6-7,9H2,1-5H3,(H,19,20)(H,21,22). The van der Waals surface area contributed by atoms with Crippen LogP contribution >= 0.6 is 11.8 Å². The number of aliphatic carboxylic acids is 1. The summed E-state index contributed by atoms with van der Waals surface area (Å²) in [7, 11) is 0. The Morgan fingerprint density at radius 3 is 2.38 bits per heavy atom. The van der Waals surface area contributed by atoms with Gasteiger partial charge in [0.2, 0.25) is 5.91 Å². The van der Waals surface area contributed by atoms with E-state index in [2.05, 4.69) is 15.3 Å². The van der Waals surface area contributed by atoms with Crippen LogP contribution in [0.1, 0.15) is 38.6 Å². The number of carbonyl (C=O) groups excluding carboxylic acids is 1. The molecule has 0 fully saturated rings. The normalized spacial score (nSPS) is 12.7. The Morgan fingerprint density at radius 1 is 1.29 bits per heavy atom. The quantitative estimate of drug-likeness (QED) is 0.543. The van der Waals surface area contributed by atoms with Gasteiger partial charge in [-0.2, -0.15) is 0 Å². The molecule has 0 aliphatic carbocycles. The van der Waals surface area contributed by atoms with Crippen LogP contribution in [-0.4, -0.2) is 51.0 Å². The molecule has 7 nitrogen and oxygen atoms in total. The average Bonchev–Trinajstić information content (AvgIpc) is 2.41. The maximum Gasteiger partial charge on any atom is 0.326 e. The lowest BCUT2D eigenvalue weighted by Crippen LogP contribution is -2.42. The van der Waals surface area contributed by atoms with Crippen LogP contribution in [-0.2, 0) is 14.3 Å². The third-order valence-electron chi connectivity index (χ3n) is 2.87. The lowest BCUT2D eigenvalue weighted by molar-refractivity contribution is -0.142. The SMILES string of the molecule is Cc1cc(C)nc(SCC(=O)NC(CCOC(C)(C)C)C(=O)O)n1. The van der Waals surface area contributed by atoms with Gasteiger partial charge in [-0.1, -0.05) is 11.8 Å². The second kappa shape index (κ2) is 8.98. The molecule has 0 saturated carbocycles. The molecule has 0 aliphatic rings. The molecule has 24 heavy (non-hydrogen) atoms. The molecular weight excluding hydrogens is 330 g/mol. The lowest BCUT2D eigenvalue weighted by atomic mass is 10.2. The van der Waals surface area contributed by atoms with Gasteiger partial charge in [-0.05, 0) is 40.7 Å². The summed E-state index contributed by atoms with van der Waals surface area (Å²) in [4.78, 5) is 31.7. The molecule has 1 atom stereocenters. The molecule has 0 aliphatic heterocycles. The minimum absolute atomic E-state index is 0.0623. The van der Waals surface area contributed by atoms with E-state index < -0.39 is 12.0 Å². The Kier molecular flexibility index (Phi) is 7.62. The third-order valence-corrected chi connectivity index (χ3v) is 3.72. The van der Waals surface area contributed by atoms with Crippen molar-refractivity contribution in [3.05, 3.63) is 17.5 Å². The van der Waals surface area contributed by atoms with Crippen molar-refractivity contribution in [2.24, 2.45) is 0 Å². The van der Waals surface area contributed by atoms with Gasteiger partial charge in [0, 0.05) is 24.4 Å². The summed E-state index contributed by atoms with van der Waals surface area (Å²) in [6, 6.07) is 0.875. The van der Waals surface area contributed by atoms with Crippen molar-refractivity contribution < 1.29 is 19.4 Å². The van der Waals surface area contributed by atoms with Crippen LogP contribution in [0.5, 0.6) is 0 Å². The fourth-order valence-electron chi connectivity index (χ4n) is 1.86. The minimum Gasteiger partial charge on any atom is -0.480 e. The van der Waals surface area contributed by atoms with Crippen molar-refractivity contribution in [2.45, 2.75) is 57.8 Å². The number of rotatable bonds is 8. The first-order chi connectivity index (χ1) is 11.1. The summed E-state index contributed by atoms with van der Waals surface area (Å²) in [6.07, 6.45) is 0.211. The Labute approximate surface area is 146 Å². The molecule has 0 bridgehead atoms. The first-order valence-corrected chi connectivity index (χ1v) is 8.66. The molecule has 8 heteroatoms. The van der Waals surface area contributed by atoms with E-state index in [-0.39, 0.29) is 30.3 Å². The van der Waals surface area contributed by atoms with Gasteiger partial charge in [-0.25, -0.2) is 14.8 Å². The van der Waals surface area contributed by atoms with E-state index in [1.54, 1.807) is 0 Å². The van der Waals surface area contributed by atoms with Crippen LogP contribution in [0.2, 0.25) is 0 Å². The maximum atomic E-state index is 12.0. The highest BCUT2D eigenvalue weighted by Gasteiger charge is 2.21. The molecule has 0 spiro atoms. The number of aromatic nitrogens is 2. The molecule has 1 heterocycles. The zero-order valence-electron chi connectivity index (χ0n) is 14.8. The summed E-state index contributed by atoms with van der Waals surface area (Å²) in [5.41, 5.74) is 1.31. The topological polar surface area (TPSA) is 101 Å². The fraction of sp³-hybridized carbons (Fsp3) is 0.625. The summed E-state index contributed by atoms with van der Waals surface area (Å²) < 4.78 is 5.51. The third kappa shape index (κ3) is 8.26. The second-order valence-corrected chi connectivity index (χ2v) is 7.37. The number of hydrogen-bond donors (Lipinski definition) is 2. The largest absolute Gasteiger partial charge is 0.480 e. The first kappa shape index (κ1) is 20.4. The highest BCUT2D eigenvalue weighted by molar-refractivity contribution is 7.99. The number of nitrogens with one attached hydrogen (secondary N) is 1. The van der Waals surface area contributed by atoms with Crippen LogP contribution < -0.4 is 5.32 Å². The molecule has 1 rings (SSSR count). The number of carboxylic acids is 1. The van der Waals surface area contributed by atoms with E-state index >= 15 is 0 Å². The molecule has 0 saturated heterocycles. The molecule has 1 unspecified atom stereocenters. The summed E-state index contributed by atoms with van der Waals surface area (Å²) >= 11 is 1.18. The molecule has 2 N–H and O–H groups in total. The molecule has 1 amide bonds. The predicted octanol–water partition coefficient (Wildman–Crippen LogP) is 1.96. The fourth-order valence-corrected chi connectivity index (χ4v) is 2.63. The van der Waals surface area contributed by atoms with Gasteiger partial charge < -0.3 is 15.2 Å². The summed E-state index contributed by atoms with van der Waals surface area (Å²) in [5, 5.41) is 12.2. The van der Waals surface area contributed by atoms with E-state index in [1.807, 2.05) is 40.7 Å². The number of carboxylic acid groups (broad SMARTS) is 1. The van der Waals surface area contributed by atoms with E-state index in [4.69, 9.17) is 4.74 Å². The maximum absolute atomic E-state index is 12.0. The molecule has 1 aromatic heterocycles. The Hall–Kier alpha value is -1.67. The van der Waals surface area contributed by atoms with Gasteiger partial charge in [-0.15, -0.1) is 0 Å². The van der Waals surface area contributed by atoms with Crippen LogP contribution in [0.15, 0.2) is 11.2 Å². The van der Waals surface area contributed by atoms with E-state index in [1.165, 1.54) is 11.8 Å². The molecule has 0 aromatic carbocycles. The average molecular weight is 355 g/mol. The Bertz CT molecular complexity index is 567. The van der Waals surface area contributed by atoms with Crippen LogP contribution in [0.4, 0.5) is 0 Å². The highest BCUT2D eigenvalue weighted by Crippen LogP contribution is 2.14. The van der Waals surface area contributed by atoms with Crippen molar-refractivity contribution in [1.82, 2.24) is 15.3 Å². The number of thioether (sulfide) groups is 1. The predicted molar refractivity (Wildman–Crippen MR) is 92.1 cm³/mol. The second-order valence-electron chi connectivity index (χ2n) is 6.43.